The van der Waals surface area contributed by atoms with Crippen LogP contribution in [0.2, 0.25) is 0 Å². The lowest BCUT2D eigenvalue weighted by atomic mass is 10.1. The first-order chi connectivity index (χ1) is 8.29. The standard InChI is InChI=1S/C14H18N2O/c15-6-1-7-16-10-11-2-3-13-9-14(17)5-4-12(13)8-11/h2-5,8-9,16-17H,1,6-7,10,15H2. The van der Waals surface area contributed by atoms with E-state index >= 15 is 0 Å². The van der Waals surface area contributed by atoms with Crippen LogP contribution in [-0.2, 0) is 6.54 Å². The zero-order valence-corrected chi connectivity index (χ0v) is 9.82. The van der Waals surface area contributed by atoms with Gasteiger partial charge in [-0.25, -0.2) is 0 Å². The van der Waals surface area contributed by atoms with Crippen molar-refractivity contribution in [2.24, 2.45) is 5.73 Å². The van der Waals surface area contributed by atoms with Gasteiger partial charge < -0.3 is 16.2 Å². The Kier molecular flexibility index (Phi) is 3.96. The van der Waals surface area contributed by atoms with Crippen LogP contribution in [0.1, 0.15) is 12.0 Å². The third-order valence-electron chi connectivity index (χ3n) is 2.78. The molecule has 90 valence electrons. The maximum atomic E-state index is 9.38. The molecule has 0 radical (unpaired) electrons. The molecule has 0 aromatic heterocycles. The minimum atomic E-state index is 0.311. The third-order valence-corrected chi connectivity index (χ3v) is 2.78. The highest BCUT2D eigenvalue weighted by Gasteiger charge is 1.97. The van der Waals surface area contributed by atoms with Gasteiger partial charge in [0.25, 0.3) is 0 Å². The molecule has 0 fully saturated rings. The summed E-state index contributed by atoms with van der Waals surface area (Å²) in [6.45, 7) is 2.53. The van der Waals surface area contributed by atoms with Crippen molar-refractivity contribution in [3.05, 3.63) is 42.0 Å². The molecule has 2 rings (SSSR count). The fourth-order valence-corrected chi connectivity index (χ4v) is 1.85. The summed E-state index contributed by atoms with van der Waals surface area (Å²) >= 11 is 0. The fourth-order valence-electron chi connectivity index (χ4n) is 1.85. The molecular formula is C14H18N2O. The second-order valence-corrected chi connectivity index (χ2v) is 4.18. The fraction of sp³-hybridized carbons (Fsp3) is 0.286. The van der Waals surface area contributed by atoms with Gasteiger partial charge in [-0.3, -0.25) is 0 Å². The van der Waals surface area contributed by atoms with Crippen LogP contribution in [0.3, 0.4) is 0 Å². The first-order valence-electron chi connectivity index (χ1n) is 5.92. The molecule has 3 nitrogen and oxygen atoms in total. The van der Waals surface area contributed by atoms with Gasteiger partial charge in [0, 0.05) is 6.54 Å². The molecule has 0 aliphatic rings. The zero-order chi connectivity index (χ0) is 12.1. The number of fused-ring (bicyclic) bond motifs is 1. The molecule has 2 aromatic rings. The molecule has 0 amide bonds. The van der Waals surface area contributed by atoms with E-state index in [0.717, 1.165) is 36.8 Å². The summed E-state index contributed by atoms with van der Waals surface area (Å²) in [4.78, 5) is 0. The van der Waals surface area contributed by atoms with Crippen molar-refractivity contribution < 1.29 is 5.11 Å². The molecule has 0 saturated carbocycles. The second kappa shape index (κ2) is 5.66. The Morgan fingerprint density at radius 3 is 2.65 bits per heavy atom. The first-order valence-corrected chi connectivity index (χ1v) is 5.92. The van der Waals surface area contributed by atoms with E-state index in [1.165, 1.54) is 5.56 Å². The molecule has 3 heteroatoms. The first kappa shape index (κ1) is 11.9. The van der Waals surface area contributed by atoms with Crippen LogP contribution in [-0.4, -0.2) is 18.2 Å². The van der Waals surface area contributed by atoms with Crippen LogP contribution in [0.25, 0.3) is 10.8 Å². The van der Waals surface area contributed by atoms with E-state index in [1.54, 1.807) is 12.1 Å². The van der Waals surface area contributed by atoms with Gasteiger partial charge in [0.15, 0.2) is 0 Å². The number of nitrogens with two attached hydrogens (primary N) is 1. The van der Waals surface area contributed by atoms with E-state index in [4.69, 9.17) is 5.73 Å². The summed E-state index contributed by atoms with van der Waals surface area (Å²) in [6, 6.07) is 11.7. The highest BCUT2D eigenvalue weighted by Crippen LogP contribution is 2.20. The number of hydrogen-bond donors (Lipinski definition) is 3. The van der Waals surface area contributed by atoms with Crippen molar-refractivity contribution in [3.63, 3.8) is 0 Å². The Bertz CT molecular complexity index is 497. The van der Waals surface area contributed by atoms with Gasteiger partial charge in [0.1, 0.15) is 5.75 Å². The number of hydrogen-bond acceptors (Lipinski definition) is 3. The second-order valence-electron chi connectivity index (χ2n) is 4.18. The number of rotatable bonds is 5. The predicted molar refractivity (Wildman–Crippen MR) is 71.0 cm³/mol. The average Bonchev–Trinajstić information content (AvgIpc) is 2.35. The summed E-state index contributed by atoms with van der Waals surface area (Å²) in [5.74, 6) is 0.311. The quantitative estimate of drug-likeness (QED) is 0.688. The van der Waals surface area contributed by atoms with Gasteiger partial charge in [-0.05, 0) is 54.0 Å². The minimum absolute atomic E-state index is 0.311. The smallest absolute Gasteiger partial charge is 0.116 e. The highest BCUT2D eigenvalue weighted by molar-refractivity contribution is 5.84. The van der Waals surface area contributed by atoms with E-state index in [1.807, 2.05) is 12.1 Å². The zero-order valence-electron chi connectivity index (χ0n) is 9.82. The van der Waals surface area contributed by atoms with Gasteiger partial charge in [0.05, 0.1) is 0 Å². The van der Waals surface area contributed by atoms with E-state index in [-0.39, 0.29) is 0 Å². The van der Waals surface area contributed by atoms with Crippen LogP contribution in [0.15, 0.2) is 36.4 Å². The number of nitrogens with one attached hydrogen (secondary N) is 1. The lowest BCUT2D eigenvalue weighted by molar-refractivity contribution is 0.476. The summed E-state index contributed by atoms with van der Waals surface area (Å²) in [6.07, 6.45) is 1.00. The Balaban J connectivity index is 2.07. The van der Waals surface area contributed by atoms with Crippen LogP contribution >= 0.6 is 0 Å². The van der Waals surface area contributed by atoms with Gasteiger partial charge >= 0.3 is 0 Å². The van der Waals surface area contributed by atoms with Crippen LogP contribution in [0.5, 0.6) is 5.75 Å². The van der Waals surface area contributed by atoms with Crippen molar-refractivity contribution in [2.75, 3.05) is 13.1 Å². The van der Waals surface area contributed by atoms with E-state index < -0.39 is 0 Å². The van der Waals surface area contributed by atoms with Gasteiger partial charge in [-0.1, -0.05) is 18.2 Å². The normalized spacial score (nSPS) is 10.9. The largest absolute Gasteiger partial charge is 0.508 e. The third kappa shape index (κ3) is 3.19. The lowest BCUT2D eigenvalue weighted by Gasteiger charge is -2.06. The summed E-state index contributed by atoms with van der Waals surface area (Å²) in [5, 5.41) is 14.9. The summed E-state index contributed by atoms with van der Waals surface area (Å²) < 4.78 is 0. The van der Waals surface area contributed by atoms with E-state index in [2.05, 4.69) is 17.4 Å². The van der Waals surface area contributed by atoms with Crippen LogP contribution < -0.4 is 11.1 Å². The van der Waals surface area contributed by atoms with Gasteiger partial charge in [0.2, 0.25) is 0 Å². The molecule has 0 saturated heterocycles. The number of aromatic hydroxyl groups is 1. The molecule has 0 atom stereocenters. The molecule has 17 heavy (non-hydrogen) atoms. The van der Waals surface area contributed by atoms with Gasteiger partial charge in [-0.15, -0.1) is 0 Å². The summed E-state index contributed by atoms with van der Waals surface area (Å²) in [7, 11) is 0. The molecule has 0 unspecified atom stereocenters. The van der Waals surface area contributed by atoms with E-state index in [9.17, 15) is 5.11 Å². The van der Waals surface area contributed by atoms with Crippen molar-refractivity contribution in [2.45, 2.75) is 13.0 Å². The Hall–Kier alpha value is -1.58. The molecule has 4 N–H and O–H groups in total. The SMILES string of the molecule is NCCCNCc1ccc2cc(O)ccc2c1. The number of phenols is 1. The molecule has 0 aliphatic heterocycles. The monoisotopic (exact) mass is 230 g/mol. The summed E-state index contributed by atoms with van der Waals surface area (Å²) in [5.41, 5.74) is 6.68. The van der Waals surface area contributed by atoms with E-state index in [0.29, 0.717) is 5.75 Å². The maximum Gasteiger partial charge on any atom is 0.116 e. The topological polar surface area (TPSA) is 58.3 Å². The molecule has 0 spiro atoms. The Morgan fingerprint density at radius 1 is 1.06 bits per heavy atom. The van der Waals surface area contributed by atoms with Crippen LogP contribution in [0, 0.1) is 0 Å². The molecular weight excluding hydrogens is 212 g/mol. The van der Waals surface area contributed by atoms with Crippen molar-refractivity contribution in [3.8, 4) is 5.75 Å². The highest BCUT2D eigenvalue weighted by atomic mass is 16.3. The Labute approximate surface area is 101 Å². The predicted octanol–water partition coefficient (Wildman–Crippen LogP) is 1.98. The van der Waals surface area contributed by atoms with Crippen molar-refractivity contribution in [1.29, 1.82) is 0 Å². The molecule has 0 heterocycles. The van der Waals surface area contributed by atoms with Crippen molar-refractivity contribution in [1.82, 2.24) is 5.32 Å². The lowest BCUT2D eigenvalue weighted by Crippen LogP contribution is -2.17. The maximum absolute atomic E-state index is 9.38. The average molecular weight is 230 g/mol. The van der Waals surface area contributed by atoms with Crippen LogP contribution in [0.4, 0.5) is 0 Å². The number of benzene rings is 2. The molecule has 2 aromatic carbocycles. The minimum Gasteiger partial charge on any atom is -0.508 e. The Morgan fingerprint density at radius 2 is 1.82 bits per heavy atom. The number of phenolic OH excluding ortho intramolecular Hbond substituents is 1. The molecule has 0 aliphatic carbocycles. The molecule has 0 bridgehead atoms. The van der Waals surface area contributed by atoms with Gasteiger partial charge in [-0.2, -0.15) is 0 Å². The van der Waals surface area contributed by atoms with Crippen molar-refractivity contribution >= 4 is 10.8 Å².